The molecule has 15 rings (SSSR count). The lowest BCUT2D eigenvalue weighted by atomic mass is 9.76. The fourth-order valence-electron chi connectivity index (χ4n) is 17.1. The van der Waals surface area contributed by atoms with Crippen LogP contribution in [0.25, 0.3) is 21.8 Å². The molecule has 0 spiro atoms. The fourth-order valence-corrected chi connectivity index (χ4v) is 20.8. The van der Waals surface area contributed by atoms with E-state index in [1.807, 2.05) is 182 Å². The summed E-state index contributed by atoms with van der Waals surface area (Å²) in [7, 11) is -8.93. The van der Waals surface area contributed by atoms with Gasteiger partial charge in [0, 0.05) is 50.2 Å². The summed E-state index contributed by atoms with van der Waals surface area (Å²) in [5.41, 5.74) is 13.1. The number of fused-ring (bicyclic) bond motifs is 3. The molecule has 35 heteroatoms. The molecule has 130 heavy (non-hydrogen) atoms. The van der Waals surface area contributed by atoms with Gasteiger partial charge in [0.15, 0.2) is 24.1 Å². The monoisotopic (exact) mass is 1810 g/mol. The number of nitrogen functional groups attached to an aromatic ring is 1. The minimum atomic E-state index is -4.08. The van der Waals surface area contributed by atoms with Gasteiger partial charge in [-0.15, -0.1) is 0 Å². The summed E-state index contributed by atoms with van der Waals surface area (Å²) in [6.45, 7) is 15.2. The smallest absolute Gasteiger partial charge is 0.431 e. The number of nitrogens with one attached hydrogen (secondary N) is 1. The first kappa shape index (κ1) is 95.7. The number of para-hydroxylation sites is 2. The topological polar surface area (TPSA) is 360 Å². The van der Waals surface area contributed by atoms with Crippen molar-refractivity contribution in [3.05, 3.63) is 252 Å². The zero-order valence-corrected chi connectivity index (χ0v) is 76.7. The number of anilines is 2. The molecule has 30 nitrogen and oxygen atoms in total. The molecule has 0 aliphatic carbocycles. The Hall–Kier alpha value is -10.4. The van der Waals surface area contributed by atoms with Crippen LogP contribution < -0.4 is 19.5 Å². The van der Waals surface area contributed by atoms with Crippen molar-refractivity contribution in [2.75, 3.05) is 81.8 Å². The molecular formula is C95H119B3N10O20P2. The van der Waals surface area contributed by atoms with E-state index in [4.69, 9.17) is 62.1 Å². The van der Waals surface area contributed by atoms with Crippen LogP contribution in [0.5, 0.6) is 11.5 Å². The van der Waals surface area contributed by atoms with Gasteiger partial charge in [-0.3, -0.25) is 23.6 Å². The molecule has 2 unspecified atom stereocenters. The zero-order valence-electron chi connectivity index (χ0n) is 74.9. The van der Waals surface area contributed by atoms with Crippen molar-refractivity contribution in [1.29, 1.82) is 0 Å². The summed E-state index contributed by atoms with van der Waals surface area (Å²) < 4.78 is 98.3. The molecule has 5 saturated heterocycles. The molecule has 0 saturated carbocycles. The summed E-state index contributed by atoms with van der Waals surface area (Å²) >= 11 is 0. The van der Waals surface area contributed by atoms with Crippen molar-refractivity contribution in [3.8, 4) is 11.5 Å². The van der Waals surface area contributed by atoms with Gasteiger partial charge in [-0.2, -0.15) is 10.2 Å². The molecule has 0 bridgehead atoms. The highest BCUT2D eigenvalue weighted by atomic mass is 31.2. The average Bonchev–Trinajstić information content (AvgIpc) is 1.60. The summed E-state index contributed by atoms with van der Waals surface area (Å²) in [4.78, 5) is 63.6. The summed E-state index contributed by atoms with van der Waals surface area (Å²) in [5.74, 6) is -1.07. The SMILES string of the molecule is CCCCOC(=O)[C@@H](C)OP(=O)(COCCCN1C(=O)N(Cc2ccc3c(c2)c(N(B2CO2)B2CO2)nn3B(C)O)[C@H](Cc2ccccc2)[C@@H]2OC(C)(C)O[C@H]2[C@H]1Cc1ccccc1)Oc1ccccc1.CCCCOC(=O)[C@H](C)CP(=O)(COCCCN1C(=O)N(Cc2ccc3[nH]nc(N)c3c2)[C@H](Cc2ccccc2)[C@H](O)[C@@H](O)[C@H]1Cc1ccccc1)Oc1ccccc1. The molecule has 4 amide bonds. The Kier molecular flexibility index (Phi) is 32.9. The Bertz CT molecular complexity index is 5420. The number of hydrogen-bond acceptors (Lipinski definition) is 24. The lowest BCUT2D eigenvalue weighted by molar-refractivity contribution is -0.157. The molecule has 0 radical (unpaired) electrons. The number of nitrogens with two attached hydrogens (primary N) is 1. The van der Waals surface area contributed by atoms with Crippen molar-refractivity contribution >= 4 is 93.6 Å². The quantitative estimate of drug-likeness (QED) is 0.00778. The zero-order chi connectivity index (χ0) is 91.5. The molecule has 5 aliphatic heterocycles. The van der Waals surface area contributed by atoms with Crippen LogP contribution in [0.2, 0.25) is 6.82 Å². The lowest BCUT2D eigenvalue weighted by Crippen LogP contribution is -2.52. The number of carbonyl (C=O) groups excluding carboxylic acids is 4. The van der Waals surface area contributed by atoms with E-state index < -0.39 is 107 Å². The van der Waals surface area contributed by atoms with E-state index in [1.54, 1.807) is 82.7 Å². The largest absolute Gasteiger partial charge is 0.465 e. The average molecular weight is 1820 g/mol. The minimum absolute atomic E-state index is 0.0747. The van der Waals surface area contributed by atoms with Crippen LogP contribution in [0.3, 0.4) is 0 Å². The Labute approximate surface area is 760 Å². The van der Waals surface area contributed by atoms with Gasteiger partial charge in [-0.05, 0) is 161 Å². The first-order valence-electron chi connectivity index (χ1n) is 45.1. The number of unbranched alkanes of at least 4 members (excludes halogenated alkanes) is 2. The van der Waals surface area contributed by atoms with E-state index in [2.05, 4.69) is 34.5 Å². The second-order valence-corrected chi connectivity index (χ2v) is 38.7. The molecule has 5 aliphatic rings. The van der Waals surface area contributed by atoms with Gasteiger partial charge < -0.3 is 92.1 Å². The van der Waals surface area contributed by atoms with Crippen LogP contribution in [0.15, 0.2) is 218 Å². The highest BCUT2D eigenvalue weighted by molar-refractivity contribution is 7.59. The van der Waals surface area contributed by atoms with E-state index >= 15 is 9.59 Å². The molecular weight excluding hydrogens is 1700 g/mol. The van der Waals surface area contributed by atoms with Gasteiger partial charge in [0.05, 0.1) is 73.5 Å². The molecule has 688 valence electrons. The Morgan fingerprint density at radius 1 is 0.569 bits per heavy atom. The number of benzene rings is 8. The van der Waals surface area contributed by atoms with Crippen molar-refractivity contribution in [1.82, 2.24) is 39.5 Å². The van der Waals surface area contributed by atoms with Crippen LogP contribution in [0.1, 0.15) is 113 Å². The summed E-state index contributed by atoms with van der Waals surface area (Å²) in [6.07, 6.45) is -0.274. The van der Waals surface area contributed by atoms with E-state index in [9.17, 15) is 34.0 Å². The number of aromatic nitrogens is 4. The number of esters is 2. The predicted octanol–water partition coefficient (Wildman–Crippen LogP) is 14.3. The number of aliphatic hydroxyl groups excluding tert-OH is 2. The lowest BCUT2D eigenvalue weighted by Gasteiger charge is -2.37. The van der Waals surface area contributed by atoms with Gasteiger partial charge in [0.2, 0.25) is 0 Å². The number of ether oxygens (including phenoxy) is 6. The number of H-pyrrole nitrogens is 1. The molecule has 8 aromatic carbocycles. The maximum Gasteiger partial charge on any atom is 0.431 e. The number of aromatic amines is 1. The second-order valence-electron chi connectivity index (χ2n) is 34.4. The molecule has 2 aromatic heterocycles. The molecule has 7 heterocycles. The van der Waals surface area contributed by atoms with Crippen LogP contribution in [0.4, 0.5) is 21.2 Å². The van der Waals surface area contributed by atoms with Crippen molar-refractivity contribution < 1.29 is 94.8 Å². The highest BCUT2D eigenvalue weighted by Gasteiger charge is 2.57. The van der Waals surface area contributed by atoms with E-state index in [0.29, 0.717) is 87.7 Å². The summed E-state index contributed by atoms with van der Waals surface area (Å²) in [6, 6.07) is 65.2. The van der Waals surface area contributed by atoms with Gasteiger partial charge in [0.1, 0.15) is 48.1 Å². The number of hydrogen-bond donors (Lipinski definition) is 5. The van der Waals surface area contributed by atoms with Crippen LogP contribution in [-0.2, 0) is 99.7 Å². The number of aliphatic hydroxyl groups is 2. The van der Waals surface area contributed by atoms with Crippen molar-refractivity contribution in [2.45, 2.75) is 186 Å². The maximum atomic E-state index is 15.9. The van der Waals surface area contributed by atoms with Gasteiger partial charge >= 0.3 is 52.7 Å². The number of carbonyl (C=O) groups is 4. The maximum absolute atomic E-state index is 15.9. The standard InChI is InChI=1S/C50H63B3N5O12P.C45H56N5O8P/c1-6-7-28-64-48(59)36(2)69-71(62,70-40-22-15-10-16-23-40)35-63-27-17-26-55-43(30-37-18-11-8-12-19-37)45-46(68-50(3,4)67-45)44(31-38-20-13-9-14-21-38)56(49(55)60)32-39-24-25-42-41(29-39)47(54-58(42)51(5)61)57(52-33-65-52)53-34-66-53;1-3-4-25-57-44(53)32(2)30-59(55,58-36-19-12-7-13-20-36)31-56-24-14-23-49-39(27-33-15-8-5-9-16-33)41(51)42(52)40(28-34-17-10-6-11-18-34)50(45(49)54)29-35-21-22-38-37(26-35)43(46)48-47-38/h8-16,18-25,29,36,43-46,61H,6-7,17,26-28,30-35H2,1-5H3;5-13,15-22,26,32,39-42,51-52H,3-4,14,23-25,27-31H2,1-2H3,(H3,46,47,48)/t36-,43-,44-,45+,46+,71?;32-,39-,40-,41+,42+,59?/m11/s1. The second kappa shape index (κ2) is 44.7. The van der Waals surface area contributed by atoms with E-state index in [-0.39, 0.29) is 84.7 Å². The third-order valence-corrected chi connectivity index (χ3v) is 27.6. The number of nitrogens with zero attached hydrogens (tertiary/aromatic N) is 8. The van der Waals surface area contributed by atoms with E-state index in [0.717, 1.165) is 74.4 Å². The first-order valence-corrected chi connectivity index (χ1v) is 48.9. The molecule has 12 atom stereocenters. The van der Waals surface area contributed by atoms with Crippen LogP contribution >= 0.6 is 15.0 Å². The summed E-state index contributed by atoms with van der Waals surface area (Å²) in [5, 5.41) is 48.4. The number of rotatable bonds is 44. The fraction of sp³-hybridized carbons (Fsp3) is 0.432. The normalized spacial score (nSPS) is 20.8. The highest BCUT2D eigenvalue weighted by Crippen LogP contribution is 2.51. The van der Waals surface area contributed by atoms with Crippen LogP contribution in [-0.4, -0.2) is 232 Å². The molecule has 5 fully saturated rings. The number of urea groups is 2. The Morgan fingerprint density at radius 3 is 1.49 bits per heavy atom. The van der Waals surface area contributed by atoms with Gasteiger partial charge in [0.25, 0.3) is 7.37 Å². The Balaban J connectivity index is 0.000000214. The van der Waals surface area contributed by atoms with Crippen LogP contribution in [0, 0.1) is 5.92 Å². The van der Waals surface area contributed by atoms with Gasteiger partial charge in [-0.25, -0.2) is 18.9 Å². The minimum Gasteiger partial charge on any atom is -0.465 e. The number of amides is 4. The van der Waals surface area contributed by atoms with Gasteiger partial charge in [-0.1, -0.05) is 203 Å². The Morgan fingerprint density at radius 2 is 1.00 bits per heavy atom. The first-order chi connectivity index (χ1) is 62.8. The molecule has 6 N–H and O–H groups in total. The van der Waals surface area contributed by atoms with Crippen molar-refractivity contribution in [2.24, 2.45) is 5.92 Å². The van der Waals surface area contributed by atoms with Crippen molar-refractivity contribution in [3.63, 3.8) is 0 Å². The third-order valence-electron chi connectivity index (χ3n) is 23.8. The van der Waals surface area contributed by atoms with E-state index in [1.165, 1.54) is 6.92 Å². The predicted molar refractivity (Wildman–Crippen MR) is 499 cm³/mol. The molecule has 10 aromatic rings. The third kappa shape index (κ3) is 25.1.